The minimum atomic E-state index is -0.221. The third kappa shape index (κ3) is 7.99. The molecule has 0 fully saturated rings. The lowest BCUT2D eigenvalue weighted by atomic mass is 10.1. The maximum atomic E-state index is 12.7. The Labute approximate surface area is 206 Å². The van der Waals surface area contributed by atoms with E-state index in [-0.39, 0.29) is 30.3 Å². The Morgan fingerprint density at radius 2 is 1.57 bits per heavy atom. The predicted octanol–water partition coefficient (Wildman–Crippen LogP) is 4.25. The van der Waals surface area contributed by atoms with E-state index >= 15 is 0 Å². The fraction of sp³-hybridized carbons (Fsp3) is 0.250. The summed E-state index contributed by atoms with van der Waals surface area (Å²) in [6, 6.07) is 24.1. The lowest BCUT2D eigenvalue weighted by Crippen LogP contribution is -2.27. The van der Waals surface area contributed by atoms with E-state index in [9.17, 15) is 14.4 Å². The first-order valence-corrected chi connectivity index (χ1v) is 11.6. The number of amides is 3. The number of carbonyl (C=O) groups is 3. The van der Waals surface area contributed by atoms with Gasteiger partial charge in [0.1, 0.15) is 0 Å². The third-order valence-corrected chi connectivity index (χ3v) is 5.59. The SMILES string of the molecule is CC(NC(=O)c1cccc(NC(=O)CNc2ccc(CCC(=O)N(C)C)cc2)c1)c1ccccc1. The minimum absolute atomic E-state index is 0.0833. The van der Waals surface area contributed by atoms with Gasteiger partial charge in [0, 0.05) is 37.5 Å². The summed E-state index contributed by atoms with van der Waals surface area (Å²) in [6.07, 6.45) is 1.14. The lowest BCUT2D eigenvalue weighted by molar-refractivity contribution is -0.128. The second kappa shape index (κ2) is 12.4. The molecule has 7 nitrogen and oxygen atoms in total. The molecule has 3 aromatic rings. The number of carbonyl (C=O) groups excluding carboxylic acids is 3. The molecular formula is C28H32N4O3. The summed E-state index contributed by atoms with van der Waals surface area (Å²) in [7, 11) is 3.50. The molecule has 0 bridgehead atoms. The highest BCUT2D eigenvalue weighted by Gasteiger charge is 2.12. The van der Waals surface area contributed by atoms with Crippen molar-refractivity contribution in [2.45, 2.75) is 25.8 Å². The number of benzene rings is 3. The van der Waals surface area contributed by atoms with Crippen LogP contribution in [0.25, 0.3) is 0 Å². The maximum absolute atomic E-state index is 12.7. The predicted molar refractivity (Wildman–Crippen MR) is 139 cm³/mol. The Balaban J connectivity index is 1.48. The van der Waals surface area contributed by atoms with Gasteiger partial charge < -0.3 is 20.9 Å². The number of rotatable bonds is 10. The Bertz CT molecular complexity index is 1140. The average Bonchev–Trinajstić information content (AvgIpc) is 2.87. The molecule has 0 aliphatic carbocycles. The normalized spacial score (nSPS) is 11.3. The fourth-order valence-corrected chi connectivity index (χ4v) is 3.49. The number of nitrogens with one attached hydrogen (secondary N) is 3. The van der Waals surface area contributed by atoms with Crippen LogP contribution >= 0.6 is 0 Å². The van der Waals surface area contributed by atoms with E-state index in [4.69, 9.17) is 0 Å². The molecule has 0 spiro atoms. The van der Waals surface area contributed by atoms with E-state index < -0.39 is 0 Å². The largest absolute Gasteiger partial charge is 0.376 e. The lowest BCUT2D eigenvalue weighted by Gasteiger charge is -2.15. The van der Waals surface area contributed by atoms with Crippen molar-refractivity contribution in [3.05, 3.63) is 95.6 Å². The van der Waals surface area contributed by atoms with Gasteiger partial charge in [-0.15, -0.1) is 0 Å². The van der Waals surface area contributed by atoms with Crippen LogP contribution in [0.4, 0.5) is 11.4 Å². The Hall–Kier alpha value is -4.13. The van der Waals surface area contributed by atoms with Gasteiger partial charge in [0.05, 0.1) is 12.6 Å². The van der Waals surface area contributed by atoms with Crippen LogP contribution in [-0.2, 0) is 16.0 Å². The molecule has 3 N–H and O–H groups in total. The molecular weight excluding hydrogens is 440 g/mol. The zero-order chi connectivity index (χ0) is 25.2. The summed E-state index contributed by atoms with van der Waals surface area (Å²) in [5.74, 6) is -0.333. The molecule has 3 rings (SSSR count). The quantitative estimate of drug-likeness (QED) is 0.412. The van der Waals surface area contributed by atoms with Crippen LogP contribution in [0.2, 0.25) is 0 Å². The number of nitrogens with zero attached hydrogens (tertiary/aromatic N) is 1. The first-order chi connectivity index (χ1) is 16.8. The van der Waals surface area contributed by atoms with Crippen LogP contribution in [0.3, 0.4) is 0 Å². The van der Waals surface area contributed by atoms with E-state index in [1.165, 1.54) is 0 Å². The van der Waals surface area contributed by atoms with Gasteiger partial charge in [0.15, 0.2) is 0 Å². The second-order valence-electron chi connectivity index (χ2n) is 8.57. The zero-order valence-electron chi connectivity index (χ0n) is 20.4. The third-order valence-electron chi connectivity index (χ3n) is 5.59. The van der Waals surface area contributed by atoms with Crippen LogP contribution in [0.5, 0.6) is 0 Å². The van der Waals surface area contributed by atoms with Gasteiger partial charge in [-0.3, -0.25) is 14.4 Å². The zero-order valence-corrected chi connectivity index (χ0v) is 20.4. The van der Waals surface area contributed by atoms with Gasteiger partial charge >= 0.3 is 0 Å². The van der Waals surface area contributed by atoms with Crippen LogP contribution in [-0.4, -0.2) is 43.3 Å². The van der Waals surface area contributed by atoms with Crippen molar-refractivity contribution < 1.29 is 14.4 Å². The van der Waals surface area contributed by atoms with Crippen molar-refractivity contribution in [3.63, 3.8) is 0 Å². The van der Waals surface area contributed by atoms with Crippen molar-refractivity contribution >= 4 is 29.1 Å². The molecule has 1 atom stereocenters. The molecule has 0 aliphatic rings. The summed E-state index contributed by atoms with van der Waals surface area (Å²) in [6.45, 7) is 2.01. The van der Waals surface area contributed by atoms with Gasteiger partial charge in [0.25, 0.3) is 5.91 Å². The molecule has 7 heteroatoms. The monoisotopic (exact) mass is 472 g/mol. The number of aryl methyl sites for hydroxylation is 1. The van der Waals surface area contributed by atoms with Crippen molar-refractivity contribution in [3.8, 4) is 0 Å². The number of anilines is 2. The van der Waals surface area contributed by atoms with Gasteiger partial charge in [0.2, 0.25) is 11.8 Å². The first kappa shape index (κ1) is 25.5. The highest BCUT2D eigenvalue weighted by atomic mass is 16.2. The molecule has 0 radical (unpaired) electrons. The second-order valence-corrected chi connectivity index (χ2v) is 8.57. The van der Waals surface area contributed by atoms with Crippen LogP contribution in [0, 0.1) is 0 Å². The molecule has 0 heterocycles. The molecule has 0 saturated carbocycles. The number of hydrogen-bond acceptors (Lipinski definition) is 4. The standard InChI is InChI=1S/C28H32N4O3/c1-20(22-8-5-4-6-9-22)30-28(35)23-10-7-11-25(18-23)31-26(33)19-29-24-15-12-21(13-16-24)14-17-27(34)32(2)3/h4-13,15-16,18,20,29H,14,17,19H2,1-3H3,(H,30,35)(H,31,33). The van der Waals surface area contributed by atoms with E-state index in [1.54, 1.807) is 43.3 Å². The molecule has 3 amide bonds. The first-order valence-electron chi connectivity index (χ1n) is 11.6. The molecule has 3 aromatic carbocycles. The van der Waals surface area contributed by atoms with Crippen LogP contribution in [0.1, 0.15) is 40.9 Å². The van der Waals surface area contributed by atoms with Gasteiger partial charge in [-0.1, -0.05) is 48.5 Å². The van der Waals surface area contributed by atoms with Crippen LogP contribution < -0.4 is 16.0 Å². The smallest absolute Gasteiger partial charge is 0.251 e. The summed E-state index contributed by atoms with van der Waals surface area (Å²) in [5, 5.41) is 8.89. The van der Waals surface area contributed by atoms with Crippen LogP contribution in [0.15, 0.2) is 78.9 Å². The number of hydrogen-bond donors (Lipinski definition) is 3. The molecule has 1 unspecified atom stereocenters. The topological polar surface area (TPSA) is 90.5 Å². The van der Waals surface area contributed by atoms with Gasteiger partial charge in [-0.2, -0.15) is 0 Å². The molecule has 0 saturated heterocycles. The van der Waals surface area contributed by atoms with Crippen molar-refractivity contribution in [1.82, 2.24) is 10.2 Å². The summed E-state index contributed by atoms with van der Waals surface area (Å²) < 4.78 is 0. The minimum Gasteiger partial charge on any atom is -0.376 e. The Kier molecular flexibility index (Phi) is 9.01. The highest BCUT2D eigenvalue weighted by molar-refractivity contribution is 5.98. The Morgan fingerprint density at radius 1 is 0.857 bits per heavy atom. The van der Waals surface area contributed by atoms with Crippen molar-refractivity contribution in [2.24, 2.45) is 0 Å². The van der Waals surface area contributed by atoms with Crippen molar-refractivity contribution in [2.75, 3.05) is 31.3 Å². The van der Waals surface area contributed by atoms with Crippen molar-refractivity contribution in [1.29, 1.82) is 0 Å². The summed E-state index contributed by atoms with van der Waals surface area (Å²) in [5.41, 5.74) is 3.92. The maximum Gasteiger partial charge on any atom is 0.251 e. The van der Waals surface area contributed by atoms with Gasteiger partial charge in [-0.05, 0) is 54.8 Å². The fourth-order valence-electron chi connectivity index (χ4n) is 3.49. The van der Waals surface area contributed by atoms with Gasteiger partial charge in [-0.25, -0.2) is 0 Å². The van der Waals surface area contributed by atoms with E-state index in [1.807, 2.05) is 61.5 Å². The molecule has 35 heavy (non-hydrogen) atoms. The van der Waals surface area contributed by atoms with E-state index in [2.05, 4.69) is 16.0 Å². The highest BCUT2D eigenvalue weighted by Crippen LogP contribution is 2.15. The average molecular weight is 473 g/mol. The Morgan fingerprint density at radius 3 is 2.26 bits per heavy atom. The van der Waals surface area contributed by atoms with E-state index in [0.29, 0.717) is 24.1 Å². The van der Waals surface area contributed by atoms with E-state index in [0.717, 1.165) is 16.8 Å². The molecule has 0 aliphatic heterocycles. The molecule has 182 valence electrons. The molecule has 0 aromatic heterocycles. The summed E-state index contributed by atoms with van der Waals surface area (Å²) >= 11 is 0. The summed E-state index contributed by atoms with van der Waals surface area (Å²) in [4.78, 5) is 38.4.